The highest BCUT2D eigenvalue weighted by Crippen LogP contribution is 2.16. The summed E-state index contributed by atoms with van der Waals surface area (Å²) < 4.78 is 13.3. The minimum atomic E-state index is -0.466. The average Bonchev–Trinajstić information content (AvgIpc) is 2.28. The number of thioether (sulfide) groups is 1. The molecule has 0 aliphatic heterocycles. The van der Waals surface area contributed by atoms with Crippen LogP contribution in [0.5, 0.6) is 0 Å². The van der Waals surface area contributed by atoms with Crippen molar-refractivity contribution in [1.29, 1.82) is 5.26 Å². The Morgan fingerprint density at radius 1 is 1.56 bits per heavy atom. The third kappa shape index (κ3) is 3.42. The predicted molar refractivity (Wildman–Crippen MR) is 67.2 cm³/mol. The Morgan fingerprint density at radius 2 is 2.31 bits per heavy atom. The monoisotopic (exact) mass is 238 g/mol. The zero-order chi connectivity index (χ0) is 12.0. The van der Waals surface area contributed by atoms with Gasteiger partial charge >= 0.3 is 0 Å². The van der Waals surface area contributed by atoms with Crippen molar-refractivity contribution >= 4 is 17.4 Å². The van der Waals surface area contributed by atoms with Gasteiger partial charge in [-0.2, -0.15) is 17.0 Å². The van der Waals surface area contributed by atoms with E-state index in [0.717, 1.165) is 17.9 Å². The Kier molecular flexibility index (Phi) is 5.13. The van der Waals surface area contributed by atoms with E-state index in [1.165, 1.54) is 12.1 Å². The van der Waals surface area contributed by atoms with E-state index < -0.39 is 5.82 Å². The summed E-state index contributed by atoms with van der Waals surface area (Å²) in [6.07, 6.45) is 3.03. The maximum Gasteiger partial charge on any atom is 0.143 e. The molecule has 0 saturated carbocycles. The summed E-state index contributed by atoms with van der Waals surface area (Å²) in [5, 5.41) is 11.9. The van der Waals surface area contributed by atoms with Crippen LogP contribution >= 0.6 is 11.8 Å². The van der Waals surface area contributed by atoms with E-state index in [1.54, 1.807) is 17.8 Å². The first kappa shape index (κ1) is 12.9. The fraction of sp³-hybridized carbons (Fsp3) is 0.417. The summed E-state index contributed by atoms with van der Waals surface area (Å²) in [6, 6.07) is 6.76. The van der Waals surface area contributed by atoms with Gasteiger partial charge in [-0.25, -0.2) is 4.39 Å². The molecule has 0 radical (unpaired) electrons. The average molecular weight is 238 g/mol. The van der Waals surface area contributed by atoms with Crippen LogP contribution in [0.4, 0.5) is 10.1 Å². The van der Waals surface area contributed by atoms with Gasteiger partial charge in [0.2, 0.25) is 0 Å². The molecule has 1 N–H and O–H groups in total. The van der Waals surface area contributed by atoms with Gasteiger partial charge in [-0.15, -0.1) is 0 Å². The van der Waals surface area contributed by atoms with Crippen LogP contribution in [0.25, 0.3) is 0 Å². The third-order valence-corrected chi connectivity index (χ3v) is 3.06. The van der Waals surface area contributed by atoms with Crippen molar-refractivity contribution in [2.45, 2.75) is 19.4 Å². The smallest absolute Gasteiger partial charge is 0.143 e. The number of benzene rings is 1. The van der Waals surface area contributed by atoms with Crippen LogP contribution in [0.3, 0.4) is 0 Å². The molecule has 0 fully saturated rings. The second kappa shape index (κ2) is 6.39. The molecule has 0 bridgehead atoms. The van der Waals surface area contributed by atoms with Gasteiger partial charge in [0, 0.05) is 17.5 Å². The molecule has 1 atom stereocenters. The predicted octanol–water partition coefficient (Wildman–Crippen LogP) is 3.25. The highest BCUT2D eigenvalue weighted by atomic mass is 32.2. The molecule has 0 saturated heterocycles. The van der Waals surface area contributed by atoms with E-state index in [-0.39, 0.29) is 5.56 Å². The number of anilines is 1. The van der Waals surface area contributed by atoms with Crippen LogP contribution in [0.1, 0.15) is 18.9 Å². The standard InChI is InChI=1S/C12H15FN2S/c1-3-10(8-16-2)15-11-5-4-9(7-14)12(13)6-11/h4-6,10,15H,3,8H2,1-2H3. The summed E-state index contributed by atoms with van der Waals surface area (Å²) in [5.41, 5.74) is 0.820. The van der Waals surface area contributed by atoms with Crippen LogP contribution in [-0.4, -0.2) is 18.1 Å². The second-order valence-electron chi connectivity index (χ2n) is 3.51. The summed E-state index contributed by atoms with van der Waals surface area (Å²) in [6.45, 7) is 2.09. The van der Waals surface area contributed by atoms with Gasteiger partial charge in [0.05, 0.1) is 5.56 Å². The summed E-state index contributed by atoms with van der Waals surface area (Å²) >= 11 is 1.76. The maximum atomic E-state index is 13.3. The molecule has 0 amide bonds. The van der Waals surface area contributed by atoms with E-state index >= 15 is 0 Å². The minimum absolute atomic E-state index is 0.0865. The van der Waals surface area contributed by atoms with Crippen molar-refractivity contribution in [1.82, 2.24) is 0 Å². The fourth-order valence-electron chi connectivity index (χ4n) is 1.39. The van der Waals surface area contributed by atoms with E-state index in [4.69, 9.17) is 5.26 Å². The molecule has 1 rings (SSSR count). The third-order valence-electron chi connectivity index (χ3n) is 2.32. The van der Waals surface area contributed by atoms with Gasteiger partial charge in [0.15, 0.2) is 0 Å². The molecule has 0 heterocycles. The molecule has 1 aromatic carbocycles. The van der Waals surface area contributed by atoms with Gasteiger partial charge in [0.1, 0.15) is 11.9 Å². The van der Waals surface area contributed by atoms with Gasteiger partial charge in [-0.1, -0.05) is 6.92 Å². The Bertz CT molecular complexity index is 387. The topological polar surface area (TPSA) is 35.8 Å². The molecule has 1 aromatic rings. The first-order chi connectivity index (χ1) is 7.71. The summed E-state index contributed by atoms with van der Waals surface area (Å²) in [7, 11) is 0. The molecular weight excluding hydrogens is 223 g/mol. The van der Waals surface area contributed by atoms with Crippen molar-refractivity contribution in [2.75, 3.05) is 17.3 Å². The lowest BCUT2D eigenvalue weighted by atomic mass is 10.2. The lowest BCUT2D eigenvalue weighted by Crippen LogP contribution is -2.21. The maximum absolute atomic E-state index is 13.3. The molecule has 0 aliphatic rings. The molecule has 4 heteroatoms. The van der Waals surface area contributed by atoms with Crippen LogP contribution in [0, 0.1) is 17.1 Å². The van der Waals surface area contributed by atoms with Crippen molar-refractivity contribution in [3.63, 3.8) is 0 Å². The van der Waals surface area contributed by atoms with E-state index in [1.807, 2.05) is 12.3 Å². The number of nitrogens with zero attached hydrogens (tertiary/aromatic N) is 1. The van der Waals surface area contributed by atoms with Crippen molar-refractivity contribution in [2.24, 2.45) is 0 Å². The lowest BCUT2D eigenvalue weighted by Gasteiger charge is -2.17. The molecular formula is C12H15FN2S. The van der Waals surface area contributed by atoms with Crippen molar-refractivity contribution < 1.29 is 4.39 Å². The lowest BCUT2D eigenvalue weighted by molar-refractivity contribution is 0.623. The Morgan fingerprint density at radius 3 is 2.81 bits per heavy atom. The first-order valence-electron chi connectivity index (χ1n) is 5.16. The molecule has 1 unspecified atom stereocenters. The van der Waals surface area contributed by atoms with Gasteiger partial charge in [0.25, 0.3) is 0 Å². The first-order valence-corrected chi connectivity index (χ1v) is 6.55. The molecule has 0 aromatic heterocycles. The normalized spacial score (nSPS) is 11.9. The van der Waals surface area contributed by atoms with E-state index in [2.05, 4.69) is 12.2 Å². The van der Waals surface area contributed by atoms with Crippen molar-refractivity contribution in [3.8, 4) is 6.07 Å². The van der Waals surface area contributed by atoms with Gasteiger partial charge < -0.3 is 5.32 Å². The van der Waals surface area contributed by atoms with Gasteiger partial charge in [-0.3, -0.25) is 0 Å². The second-order valence-corrected chi connectivity index (χ2v) is 4.42. The van der Waals surface area contributed by atoms with Gasteiger partial charge in [-0.05, 0) is 30.9 Å². The SMILES string of the molecule is CCC(CSC)Nc1ccc(C#N)c(F)c1. The quantitative estimate of drug-likeness (QED) is 0.855. The van der Waals surface area contributed by atoms with Crippen LogP contribution in [0.2, 0.25) is 0 Å². The van der Waals surface area contributed by atoms with E-state index in [0.29, 0.717) is 6.04 Å². The largest absolute Gasteiger partial charge is 0.381 e. The summed E-state index contributed by atoms with van der Waals surface area (Å²) in [5.74, 6) is 0.518. The number of halogens is 1. The highest BCUT2D eigenvalue weighted by Gasteiger charge is 2.07. The zero-order valence-electron chi connectivity index (χ0n) is 9.46. The number of hydrogen-bond donors (Lipinski definition) is 1. The number of nitriles is 1. The fourth-order valence-corrected chi connectivity index (χ4v) is 2.12. The highest BCUT2D eigenvalue weighted by molar-refractivity contribution is 7.98. The Hall–Kier alpha value is -1.21. The molecule has 0 spiro atoms. The Labute approximate surface area is 99.9 Å². The number of nitrogens with one attached hydrogen (secondary N) is 1. The molecule has 86 valence electrons. The summed E-state index contributed by atoms with van der Waals surface area (Å²) in [4.78, 5) is 0. The van der Waals surface area contributed by atoms with Crippen LogP contribution in [-0.2, 0) is 0 Å². The molecule has 16 heavy (non-hydrogen) atoms. The van der Waals surface area contributed by atoms with E-state index in [9.17, 15) is 4.39 Å². The Balaban J connectivity index is 2.74. The van der Waals surface area contributed by atoms with Crippen LogP contribution < -0.4 is 5.32 Å². The van der Waals surface area contributed by atoms with Crippen LogP contribution in [0.15, 0.2) is 18.2 Å². The van der Waals surface area contributed by atoms with Crippen molar-refractivity contribution in [3.05, 3.63) is 29.6 Å². The minimum Gasteiger partial charge on any atom is -0.381 e. The molecule has 0 aliphatic carbocycles. The number of hydrogen-bond acceptors (Lipinski definition) is 3. The molecule has 2 nitrogen and oxygen atoms in total. The number of rotatable bonds is 5. The zero-order valence-corrected chi connectivity index (χ0v) is 10.3.